The quantitative estimate of drug-likeness (QED) is 0.472. The van der Waals surface area contributed by atoms with Crippen LogP contribution in [0.15, 0.2) is 12.3 Å². The summed E-state index contributed by atoms with van der Waals surface area (Å²) in [5.41, 5.74) is -0.178. The second-order valence-corrected chi connectivity index (χ2v) is 10.9. The summed E-state index contributed by atoms with van der Waals surface area (Å²) >= 11 is 0. The summed E-state index contributed by atoms with van der Waals surface area (Å²) in [5, 5.41) is 2.70. The number of pyridine rings is 1. The molecule has 0 bridgehead atoms. The van der Waals surface area contributed by atoms with E-state index in [0.717, 1.165) is 19.3 Å². The third-order valence-electron chi connectivity index (χ3n) is 7.52. The second-order valence-electron chi connectivity index (χ2n) is 10.9. The third kappa shape index (κ3) is 8.41. The van der Waals surface area contributed by atoms with Gasteiger partial charge in [-0.25, -0.2) is 9.78 Å². The van der Waals surface area contributed by atoms with E-state index in [1.807, 2.05) is 0 Å². The molecule has 1 amide bonds. The molecule has 10 nitrogen and oxygen atoms in total. The smallest absolute Gasteiger partial charge is 0.329 e. The van der Waals surface area contributed by atoms with Gasteiger partial charge in [0.25, 0.3) is 5.91 Å². The molecule has 1 aromatic rings. The largest absolute Gasteiger partial charge is 0.493 e. The van der Waals surface area contributed by atoms with Crippen molar-refractivity contribution >= 4 is 23.8 Å². The Labute approximate surface area is 230 Å². The maximum Gasteiger partial charge on any atom is 0.329 e. The Balaban J connectivity index is 1.79. The molecule has 216 valence electrons. The van der Waals surface area contributed by atoms with E-state index in [1.165, 1.54) is 52.0 Å². The summed E-state index contributed by atoms with van der Waals surface area (Å²) in [6.45, 7) is 6.53. The van der Waals surface area contributed by atoms with E-state index in [1.54, 1.807) is 20.8 Å². The van der Waals surface area contributed by atoms with Gasteiger partial charge in [0.15, 0.2) is 11.4 Å². The van der Waals surface area contributed by atoms with Gasteiger partial charge in [0.1, 0.15) is 18.2 Å². The molecule has 1 aromatic heterocycles. The molecule has 0 unspecified atom stereocenters. The fourth-order valence-electron chi connectivity index (χ4n) is 5.49. The zero-order valence-corrected chi connectivity index (χ0v) is 23.7. The van der Waals surface area contributed by atoms with Crippen molar-refractivity contribution in [3.05, 3.63) is 18.0 Å². The molecule has 0 aromatic carbocycles. The Morgan fingerprint density at radius 1 is 1.10 bits per heavy atom. The number of hydrogen-bond acceptors (Lipinski definition) is 9. The zero-order chi connectivity index (χ0) is 28.5. The number of nitrogens with one attached hydrogen (secondary N) is 1. The van der Waals surface area contributed by atoms with Crippen LogP contribution in [0, 0.1) is 17.8 Å². The summed E-state index contributed by atoms with van der Waals surface area (Å²) in [5.74, 6) is -1.84. The van der Waals surface area contributed by atoms with Crippen LogP contribution in [-0.4, -0.2) is 54.2 Å². The van der Waals surface area contributed by atoms with Gasteiger partial charge in [-0.15, -0.1) is 0 Å². The molecule has 1 aliphatic heterocycles. The van der Waals surface area contributed by atoms with Crippen LogP contribution in [0.2, 0.25) is 0 Å². The third-order valence-corrected chi connectivity index (χ3v) is 7.52. The van der Waals surface area contributed by atoms with Crippen LogP contribution in [0.3, 0.4) is 0 Å². The highest BCUT2D eigenvalue weighted by Gasteiger charge is 2.38. The van der Waals surface area contributed by atoms with Crippen LogP contribution >= 0.6 is 0 Å². The first-order valence-corrected chi connectivity index (χ1v) is 14.0. The van der Waals surface area contributed by atoms with E-state index >= 15 is 0 Å². The van der Waals surface area contributed by atoms with Gasteiger partial charge in [-0.1, -0.05) is 52.4 Å². The highest BCUT2D eigenvalue weighted by molar-refractivity contribution is 5.98. The van der Waals surface area contributed by atoms with E-state index in [4.69, 9.17) is 18.9 Å². The number of aromatic nitrogens is 1. The van der Waals surface area contributed by atoms with Crippen LogP contribution in [0.4, 0.5) is 0 Å². The molecule has 10 heteroatoms. The van der Waals surface area contributed by atoms with Gasteiger partial charge in [-0.3, -0.25) is 14.4 Å². The number of hydrogen-bond donors (Lipinski definition) is 1. The molecule has 3 rings (SSSR count). The van der Waals surface area contributed by atoms with Gasteiger partial charge < -0.3 is 24.3 Å². The minimum Gasteiger partial charge on any atom is -0.493 e. The highest BCUT2D eigenvalue weighted by atomic mass is 16.6. The molecule has 4 atom stereocenters. The van der Waals surface area contributed by atoms with Gasteiger partial charge in [-0.2, -0.15) is 0 Å². The number of methoxy groups -OCH3 is 1. The van der Waals surface area contributed by atoms with Crippen molar-refractivity contribution in [1.82, 2.24) is 10.3 Å². The summed E-state index contributed by atoms with van der Waals surface area (Å²) in [7, 11) is 1.38. The van der Waals surface area contributed by atoms with Crippen molar-refractivity contribution in [1.29, 1.82) is 0 Å². The first-order chi connectivity index (χ1) is 18.6. The summed E-state index contributed by atoms with van der Waals surface area (Å²) in [6.07, 6.45) is 8.55. The Hall–Kier alpha value is -3.17. The average Bonchev–Trinajstić information content (AvgIpc) is 3.40. The highest BCUT2D eigenvalue weighted by Crippen LogP contribution is 2.36. The minimum absolute atomic E-state index is 0.0945. The lowest BCUT2D eigenvalue weighted by atomic mass is 9.83. The fourth-order valence-corrected chi connectivity index (χ4v) is 5.49. The van der Waals surface area contributed by atoms with E-state index in [-0.39, 0.29) is 35.0 Å². The summed E-state index contributed by atoms with van der Waals surface area (Å²) in [6, 6.07) is 0.515. The Morgan fingerprint density at radius 2 is 1.77 bits per heavy atom. The Kier molecular flexibility index (Phi) is 11.1. The number of carbonyl (C=O) groups excluding carboxylic acids is 4. The van der Waals surface area contributed by atoms with Crippen molar-refractivity contribution in [2.45, 2.75) is 104 Å². The second kappa shape index (κ2) is 14.3. The van der Waals surface area contributed by atoms with Crippen molar-refractivity contribution in [2.75, 3.05) is 7.11 Å². The molecular formula is C29H42N2O8. The summed E-state index contributed by atoms with van der Waals surface area (Å²) in [4.78, 5) is 54.8. The lowest BCUT2D eigenvalue weighted by molar-refractivity contribution is -0.176. The topological polar surface area (TPSA) is 130 Å². The van der Waals surface area contributed by atoms with E-state index in [0.29, 0.717) is 18.8 Å². The lowest BCUT2D eigenvalue weighted by Crippen LogP contribution is -2.47. The van der Waals surface area contributed by atoms with Crippen LogP contribution in [-0.2, 0) is 23.9 Å². The molecule has 1 saturated carbocycles. The maximum absolute atomic E-state index is 13.3. The number of esters is 3. The number of nitrogens with zero attached hydrogens (tertiary/aromatic N) is 1. The minimum atomic E-state index is -0.953. The van der Waals surface area contributed by atoms with Crippen molar-refractivity contribution in [2.24, 2.45) is 17.8 Å². The predicted octanol–water partition coefficient (Wildman–Crippen LogP) is 4.38. The van der Waals surface area contributed by atoms with Gasteiger partial charge in [0.2, 0.25) is 5.75 Å². The summed E-state index contributed by atoms with van der Waals surface area (Å²) < 4.78 is 22.2. The maximum atomic E-state index is 13.3. The lowest BCUT2D eigenvalue weighted by Gasteiger charge is -2.35. The first kappa shape index (κ1) is 30.4. The number of ether oxygens (including phenoxy) is 4. The van der Waals surface area contributed by atoms with Crippen molar-refractivity contribution < 1.29 is 38.1 Å². The molecule has 0 radical (unpaired) electrons. The molecule has 1 aliphatic carbocycles. The molecule has 2 fully saturated rings. The molecule has 2 aliphatic rings. The van der Waals surface area contributed by atoms with Gasteiger partial charge in [0, 0.05) is 19.2 Å². The van der Waals surface area contributed by atoms with Gasteiger partial charge >= 0.3 is 17.9 Å². The monoisotopic (exact) mass is 546 g/mol. The molecular weight excluding hydrogens is 504 g/mol. The fraction of sp³-hybridized carbons (Fsp3) is 0.690. The number of amides is 1. The normalized spacial score (nSPS) is 24.5. The Morgan fingerprint density at radius 3 is 2.41 bits per heavy atom. The zero-order valence-electron chi connectivity index (χ0n) is 23.7. The van der Waals surface area contributed by atoms with Crippen LogP contribution < -0.4 is 14.8 Å². The van der Waals surface area contributed by atoms with E-state index < -0.39 is 36.1 Å². The number of cyclic esters (lactones) is 1. The standard InChI is InChI=1S/C29H42N2O8/c1-17(2)28(34)39-25-18(3)37-29(35)22(13-9-8-12-21(25)16-20-10-6-7-11-20)31-27(33)24-26(38-19(4)32)23(36-5)14-15-30-24/h14-15,17-18,20-22,25H,6-13,16H2,1-5H3,(H,31,33)/t18-,21+,22-,25-/m0/s1. The number of carbonyl (C=O) groups is 4. The van der Waals surface area contributed by atoms with Crippen LogP contribution in [0.5, 0.6) is 11.5 Å². The molecule has 0 spiro atoms. The Bertz CT molecular complexity index is 1020. The predicted molar refractivity (Wildman–Crippen MR) is 142 cm³/mol. The SMILES string of the molecule is COc1ccnc(C(=O)N[C@H]2CCCC[C@H](CC3CCCC3)[C@@H](OC(=O)C(C)C)[C@H](C)OC2=O)c1OC(C)=O. The molecule has 39 heavy (non-hydrogen) atoms. The average molecular weight is 547 g/mol. The van der Waals surface area contributed by atoms with Crippen LogP contribution in [0.1, 0.15) is 96.0 Å². The first-order valence-electron chi connectivity index (χ1n) is 14.0. The van der Waals surface area contributed by atoms with Gasteiger partial charge in [-0.05, 0) is 38.0 Å². The van der Waals surface area contributed by atoms with Gasteiger partial charge in [0.05, 0.1) is 13.0 Å². The van der Waals surface area contributed by atoms with Crippen LogP contribution in [0.25, 0.3) is 0 Å². The van der Waals surface area contributed by atoms with Crippen molar-refractivity contribution in [3.63, 3.8) is 0 Å². The molecule has 2 heterocycles. The molecule has 1 saturated heterocycles. The van der Waals surface area contributed by atoms with E-state index in [2.05, 4.69) is 10.3 Å². The van der Waals surface area contributed by atoms with Crippen molar-refractivity contribution in [3.8, 4) is 11.5 Å². The van der Waals surface area contributed by atoms with E-state index in [9.17, 15) is 19.2 Å². The molecule has 1 N–H and O–H groups in total. The number of rotatable bonds is 8.